The summed E-state index contributed by atoms with van der Waals surface area (Å²) >= 11 is 0. The highest BCUT2D eigenvalue weighted by molar-refractivity contribution is 5.91. The van der Waals surface area contributed by atoms with Crippen molar-refractivity contribution in [2.75, 3.05) is 7.11 Å². The largest absolute Gasteiger partial charge is 0.465 e. The fourth-order valence-electron chi connectivity index (χ4n) is 4.69. The van der Waals surface area contributed by atoms with E-state index in [-0.39, 0.29) is 11.9 Å². The molecule has 2 fully saturated rings. The van der Waals surface area contributed by atoms with Gasteiger partial charge in [0.15, 0.2) is 0 Å². The van der Waals surface area contributed by atoms with Gasteiger partial charge in [-0.25, -0.2) is 4.79 Å². The zero-order chi connectivity index (χ0) is 15.5. The molecule has 2 aliphatic carbocycles. The van der Waals surface area contributed by atoms with Gasteiger partial charge in [0.2, 0.25) is 0 Å². The molecule has 3 heteroatoms. The molecular formula is C19H24O3. The van der Waals surface area contributed by atoms with E-state index < -0.39 is 0 Å². The molecule has 22 heavy (non-hydrogen) atoms. The Kier molecular flexibility index (Phi) is 4.60. The van der Waals surface area contributed by atoms with Crippen LogP contribution in [0.5, 0.6) is 0 Å². The van der Waals surface area contributed by atoms with E-state index in [1.807, 2.05) is 18.2 Å². The van der Waals surface area contributed by atoms with Crippen LogP contribution in [0.1, 0.15) is 60.4 Å². The number of methoxy groups -OCH3 is 1. The van der Waals surface area contributed by atoms with Gasteiger partial charge in [0, 0.05) is 5.92 Å². The first kappa shape index (κ1) is 15.3. The molecule has 1 aromatic rings. The highest BCUT2D eigenvalue weighted by Crippen LogP contribution is 2.50. The van der Waals surface area contributed by atoms with Gasteiger partial charge in [0.25, 0.3) is 0 Å². The second kappa shape index (κ2) is 6.64. The molecule has 0 saturated heterocycles. The highest BCUT2D eigenvalue weighted by atomic mass is 16.5. The molecule has 118 valence electrons. The Labute approximate surface area is 132 Å². The molecule has 0 radical (unpaired) electrons. The molecule has 0 aromatic heterocycles. The number of benzene rings is 1. The Morgan fingerprint density at radius 2 is 1.82 bits per heavy atom. The zero-order valence-corrected chi connectivity index (χ0v) is 13.2. The van der Waals surface area contributed by atoms with Crippen LogP contribution in [0.2, 0.25) is 0 Å². The Morgan fingerprint density at radius 3 is 2.55 bits per heavy atom. The molecular weight excluding hydrogens is 276 g/mol. The van der Waals surface area contributed by atoms with Crippen LogP contribution in [0.25, 0.3) is 0 Å². The quantitative estimate of drug-likeness (QED) is 0.626. The van der Waals surface area contributed by atoms with Crippen molar-refractivity contribution in [3.63, 3.8) is 0 Å². The lowest BCUT2D eigenvalue weighted by atomic mass is 9.59. The summed E-state index contributed by atoms with van der Waals surface area (Å²) in [6, 6.07) is 7.84. The number of fused-ring (bicyclic) bond motifs is 1. The van der Waals surface area contributed by atoms with E-state index in [2.05, 4.69) is 6.07 Å². The van der Waals surface area contributed by atoms with Crippen molar-refractivity contribution in [2.24, 2.45) is 17.8 Å². The third kappa shape index (κ3) is 2.69. The van der Waals surface area contributed by atoms with E-state index >= 15 is 0 Å². The summed E-state index contributed by atoms with van der Waals surface area (Å²) in [5, 5.41) is 0. The van der Waals surface area contributed by atoms with E-state index in [1.165, 1.54) is 32.7 Å². The molecule has 2 aliphatic rings. The van der Waals surface area contributed by atoms with Gasteiger partial charge in [-0.3, -0.25) is 0 Å². The van der Waals surface area contributed by atoms with E-state index in [0.717, 1.165) is 24.8 Å². The second-order valence-electron chi connectivity index (χ2n) is 6.67. The fourth-order valence-corrected chi connectivity index (χ4v) is 4.69. The summed E-state index contributed by atoms with van der Waals surface area (Å²) in [6.07, 6.45) is 7.93. The average Bonchev–Trinajstić information content (AvgIpc) is 2.60. The van der Waals surface area contributed by atoms with Crippen LogP contribution < -0.4 is 0 Å². The smallest absolute Gasteiger partial charge is 0.338 e. The van der Waals surface area contributed by atoms with Crippen LogP contribution in [-0.4, -0.2) is 19.4 Å². The Balaban J connectivity index is 1.94. The maximum absolute atomic E-state index is 12.1. The summed E-state index contributed by atoms with van der Waals surface area (Å²) in [7, 11) is 1.44. The van der Waals surface area contributed by atoms with Crippen LogP contribution in [0, 0.1) is 17.8 Å². The molecule has 0 amide bonds. The summed E-state index contributed by atoms with van der Waals surface area (Å²) < 4.78 is 4.95. The molecule has 0 spiro atoms. The van der Waals surface area contributed by atoms with Crippen molar-refractivity contribution in [1.29, 1.82) is 0 Å². The van der Waals surface area contributed by atoms with E-state index in [1.54, 1.807) is 0 Å². The minimum atomic E-state index is -0.250. The van der Waals surface area contributed by atoms with Crippen LogP contribution >= 0.6 is 0 Å². The second-order valence-corrected chi connectivity index (χ2v) is 6.67. The number of hydrogen-bond donors (Lipinski definition) is 0. The number of carbonyl (C=O) groups is 2. The lowest BCUT2D eigenvalue weighted by Crippen LogP contribution is -2.37. The predicted molar refractivity (Wildman–Crippen MR) is 84.8 cm³/mol. The van der Waals surface area contributed by atoms with Gasteiger partial charge >= 0.3 is 5.97 Å². The molecule has 0 bridgehead atoms. The van der Waals surface area contributed by atoms with Gasteiger partial charge in [-0.15, -0.1) is 0 Å². The maximum atomic E-state index is 12.1. The number of aldehydes is 1. The lowest BCUT2D eigenvalue weighted by Gasteiger charge is -2.45. The normalized spacial score (nSPS) is 31.1. The fraction of sp³-hybridized carbons (Fsp3) is 0.579. The minimum absolute atomic E-state index is 0.215. The summed E-state index contributed by atoms with van der Waals surface area (Å²) in [6.45, 7) is 0. The van der Waals surface area contributed by atoms with Crippen LogP contribution in [0.15, 0.2) is 24.3 Å². The van der Waals surface area contributed by atoms with E-state index in [4.69, 9.17) is 4.74 Å². The molecule has 0 heterocycles. The van der Waals surface area contributed by atoms with Crippen molar-refractivity contribution in [3.8, 4) is 0 Å². The topological polar surface area (TPSA) is 43.4 Å². The Hall–Kier alpha value is -1.64. The van der Waals surface area contributed by atoms with Gasteiger partial charge in [-0.2, -0.15) is 0 Å². The first-order chi connectivity index (χ1) is 10.8. The molecule has 3 rings (SSSR count). The molecule has 1 aromatic carbocycles. The van der Waals surface area contributed by atoms with Crippen molar-refractivity contribution in [1.82, 2.24) is 0 Å². The van der Waals surface area contributed by atoms with Crippen LogP contribution in [0.4, 0.5) is 0 Å². The monoisotopic (exact) mass is 300 g/mol. The number of ether oxygens (including phenoxy) is 1. The zero-order valence-electron chi connectivity index (χ0n) is 13.2. The van der Waals surface area contributed by atoms with Crippen molar-refractivity contribution in [3.05, 3.63) is 35.4 Å². The third-order valence-electron chi connectivity index (χ3n) is 5.69. The Morgan fingerprint density at radius 1 is 1.09 bits per heavy atom. The number of esters is 1. The SMILES string of the molecule is COC(=O)c1ccccc1C1CCC(C=O)C2CCCCC12. The molecule has 2 saturated carbocycles. The number of rotatable bonds is 3. The van der Waals surface area contributed by atoms with Gasteiger partial charge in [0.05, 0.1) is 12.7 Å². The lowest BCUT2D eigenvalue weighted by molar-refractivity contribution is -0.115. The van der Waals surface area contributed by atoms with Gasteiger partial charge in [-0.1, -0.05) is 31.0 Å². The van der Waals surface area contributed by atoms with Gasteiger partial charge < -0.3 is 9.53 Å². The maximum Gasteiger partial charge on any atom is 0.338 e. The first-order valence-corrected chi connectivity index (χ1v) is 8.38. The summed E-state index contributed by atoms with van der Waals surface area (Å²) in [5.74, 6) is 1.38. The molecule has 0 aliphatic heterocycles. The number of carbonyl (C=O) groups excluding carboxylic acids is 2. The highest BCUT2D eigenvalue weighted by Gasteiger charge is 2.41. The summed E-state index contributed by atoms with van der Waals surface area (Å²) in [4.78, 5) is 23.5. The standard InChI is InChI=1S/C19H24O3/c1-22-19(21)18-9-5-4-8-16(18)17-11-10-13(12-20)14-6-2-3-7-15(14)17/h4-5,8-9,12-15,17H,2-3,6-7,10-11H2,1H3. The van der Waals surface area contributed by atoms with Crippen molar-refractivity contribution >= 4 is 12.3 Å². The number of hydrogen-bond acceptors (Lipinski definition) is 3. The van der Waals surface area contributed by atoms with Crippen LogP contribution in [-0.2, 0) is 9.53 Å². The van der Waals surface area contributed by atoms with Gasteiger partial charge in [0.1, 0.15) is 6.29 Å². The molecule has 4 unspecified atom stereocenters. The van der Waals surface area contributed by atoms with Crippen molar-refractivity contribution in [2.45, 2.75) is 44.4 Å². The molecule has 3 nitrogen and oxygen atoms in total. The van der Waals surface area contributed by atoms with E-state index in [9.17, 15) is 9.59 Å². The first-order valence-electron chi connectivity index (χ1n) is 8.38. The van der Waals surface area contributed by atoms with E-state index in [0.29, 0.717) is 23.3 Å². The molecule has 0 N–H and O–H groups in total. The molecule has 4 atom stereocenters. The third-order valence-corrected chi connectivity index (χ3v) is 5.69. The van der Waals surface area contributed by atoms with Crippen molar-refractivity contribution < 1.29 is 14.3 Å². The Bertz CT molecular complexity index is 551. The average molecular weight is 300 g/mol. The minimum Gasteiger partial charge on any atom is -0.465 e. The summed E-state index contributed by atoms with van der Waals surface area (Å²) in [5.41, 5.74) is 1.82. The van der Waals surface area contributed by atoms with Gasteiger partial charge in [-0.05, 0) is 55.1 Å². The van der Waals surface area contributed by atoms with Crippen LogP contribution in [0.3, 0.4) is 0 Å². The predicted octanol–water partition coefficient (Wildman–Crippen LogP) is 3.97.